The Bertz CT molecular complexity index is 5190. The Morgan fingerprint density at radius 1 is 0.463 bits per heavy atom. The lowest BCUT2D eigenvalue weighted by Crippen LogP contribution is -2.42. The monoisotopic (exact) mass is 1030 g/mol. The summed E-state index contributed by atoms with van der Waals surface area (Å²) in [6, 6.07) is 81.5. The number of ether oxygens (including phenoxy) is 1. The Balaban J connectivity index is 0.849. The zero-order valence-electron chi connectivity index (χ0n) is 43.3. The van der Waals surface area contributed by atoms with E-state index in [1.54, 1.807) is 0 Å². The van der Waals surface area contributed by atoms with Crippen molar-refractivity contribution in [2.45, 2.75) is 25.0 Å². The van der Waals surface area contributed by atoms with E-state index < -0.39 is 0 Å². The average molecular weight is 1030 g/mol. The smallest absolute Gasteiger partial charge is 0.159 e. The third-order valence-corrected chi connectivity index (χ3v) is 17.5. The van der Waals surface area contributed by atoms with Crippen LogP contribution in [0.3, 0.4) is 0 Å². The normalized spacial score (nSPS) is 15.8. The van der Waals surface area contributed by atoms with Gasteiger partial charge in [0.2, 0.25) is 0 Å². The molecule has 6 heteroatoms. The molecule has 1 aliphatic heterocycles. The number of furan rings is 2. The first kappa shape index (κ1) is 43.8. The van der Waals surface area contributed by atoms with Crippen LogP contribution in [0.2, 0.25) is 0 Å². The van der Waals surface area contributed by atoms with E-state index >= 15 is 0 Å². The summed E-state index contributed by atoms with van der Waals surface area (Å²) in [6.07, 6.45) is 10.7. The van der Waals surface area contributed by atoms with Crippen LogP contribution in [0.1, 0.15) is 23.1 Å². The zero-order chi connectivity index (χ0) is 52.2. The molecule has 0 fully saturated rings. The fourth-order valence-corrected chi connectivity index (χ4v) is 13.9. The summed E-state index contributed by atoms with van der Waals surface area (Å²) in [6.45, 7) is 0. The molecule has 0 bridgehead atoms. The van der Waals surface area contributed by atoms with Crippen LogP contribution in [0.25, 0.3) is 116 Å². The SMILES string of the molecule is C1=CC(N(c2ccccc2)c2ccc3cc4c5cc(-c6ccc7oc8ccccc8c7c6)cc6c7cc8c(cc7n(c4cc3c2)c65)C=C(N(c2ccccc2)c2cccc3c2oc2ccccc23)CC8)C2Oc3ccccc3C2=C1. The molecule has 0 saturated carbocycles. The molecule has 15 aromatic rings. The summed E-state index contributed by atoms with van der Waals surface area (Å²) in [4.78, 5) is 4.88. The average Bonchev–Trinajstić information content (AvgIpc) is 3.77. The Morgan fingerprint density at radius 3 is 2.01 bits per heavy atom. The molecule has 3 aliphatic rings. The van der Waals surface area contributed by atoms with Crippen LogP contribution < -0.4 is 14.5 Å². The number of hydrogen-bond donors (Lipinski definition) is 0. The predicted octanol–water partition coefficient (Wildman–Crippen LogP) is 19.5. The molecule has 2 unspecified atom stereocenters. The summed E-state index contributed by atoms with van der Waals surface area (Å²) in [7, 11) is 0. The van der Waals surface area contributed by atoms with Gasteiger partial charge in [-0.1, -0.05) is 133 Å². The first-order valence-electron chi connectivity index (χ1n) is 27.7. The highest BCUT2D eigenvalue weighted by molar-refractivity contribution is 6.26. The van der Waals surface area contributed by atoms with Crippen molar-refractivity contribution < 1.29 is 13.6 Å². The number of rotatable bonds is 7. The van der Waals surface area contributed by atoms with Crippen molar-refractivity contribution >= 4 is 127 Å². The molecule has 0 radical (unpaired) electrons. The van der Waals surface area contributed by atoms with Crippen molar-refractivity contribution in [1.82, 2.24) is 4.40 Å². The van der Waals surface area contributed by atoms with Crippen LogP contribution in [0.4, 0.5) is 22.7 Å². The van der Waals surface area contributed by atoms with Gasteiger partial charge >= 0.3 is 0 Å². The maximum absolute atomic E-state index is 6.83. The van der Waals surface area contributed by atoms with Crippen LogP contribution >= 0.6 is 0 Å². The quantitative estimate of drug-likeness (QED) is 0.159. The van der Waals surface area contributed by atoms with Gasteiger partial charge in [-0.25, -0.2) is 0 Å². The Morgan fingerprint density at radius 2 is 1.16 bits per heavy atom. The Kier molecular flexibility index (Phi) is 9.08. The van der Waals surface area contributed by atoms with Crippen molar-refractivity contribution in [1.29, 1.82) is 0 Å². The van der Waals surface area contributed by atoms with E-state index in [1.807, 2.05) is 12.1 Å². The van der Waals surface area contributed by atoms with E-state index in [0.717, 1.165) is 90.8 Å². The number of fused-ring (bicyclic) bond motifs is 17. The summed E-state index contributed by atoms with van der Waals surface area (Å²) >= 11 is 0. The maximum atomic E-state index is 6.83. The molecule has 18 rings (SSSR count). The van der Waals surface area contributed by atoms with Gasteiger partial charge in [-0.3, -0.25) is 0 Å². The molecule has 0 amide bonds. The topological polar surface area (TPSA) is 46.4 Å². The molecule has 4 aromatic heterocycles. The molecule has 6 nitrogen and oxygen atoms in total. The number of para-hydroxylation sites is 6. The van der Waals surface area contributed by atoms with Crippen LogP contribution in [-0.4, -0.2) is 16.5 Å². The lowest BCUT2D eigenvalue weighted by atomic mass is 9.91. The van der Waals surface area contributed by atoms with Gasteiger partial charge in [0, 0.05) is 77.0 Å². The van der Waals surface area contributed by atoms with Gasteiger partial charge in [0.1, 0.15) is 28.6 Å². The third-order valence-electron chi connectivity index (χ3n) is 17.5. The van der Waals surface area contributed by atoms with Crippen LogP contribution in [0.15, 0.2) is 257 Å². The first-order chi connectivity index (χ1) is 39.6. The first-order valence-corrected chi connectivity index (χ1v) is 27.7. The van der Waals surface area contributed by atoms with E-state index in [0.29, 0.717) is 0 Å². The van der Waals surface area contributed by atoms with Crippen molar-refractivity contribution in [3.05, 3.63) is 265 Å². The number of anilines is 4. The fourth-order valence-electron chi connectivity index (χ4n) is 13.9. The van der Waals surface area contributed by atoms with Crippen molar-refractivity contribution in [3.8, 4) is 16.9 Å². The lowest BCUT2D eigenvalue weighted by molar-refractivity contribution is 0.258. The van der Waals surface area contributed by atoms with E-state index in [9.17, 15) is 0 Å². The largest absolute Gasteiger partial charge is 0.483 e. The second-order valence-electron chi connectivity index (χ2n) is 21.8. The minimum atomic E-state index is -0.163. The van der Waals surface area contributed by atoms with Crippen molar-refractivity contribution in [2.75, 3.05) is 9.80 Å². The zero-order valence-corrected chi connectivity index (χ0v) is 43.3. The van der Waals surface area contributed by atoms with Gasteiger partial charge in [-0.05, 0) is 161 Å². The van der Waals surface area contributed by atoms with Gasteiger partial charge < -0.3 is 27.8 Å². The Hall–Kier alpha value is -10.3. The summed E-state index contributed by atoms with van der Waals surface area (Å²) in [5.74, 6) is 0.935. The lowest BCUT2D eigenvalue weighted by Gasteiger charge is -2.37. The highest BCUT2D eigenvalue weighted by atomic mass is 16.5. The van der Waals surface area contributed by atoms with Crippen molar-refractivity contribution in [2.24, 2.45) is 0 Å². The standard InChI is InChI=1S/C74H47N3O3/c1-3-15-50(16-4-1)75(64-24-13-22-57-54-19-7-11-27-69(54)79-73(57)64)52-32-29-44-37-59-62-40-49(46-31-34-71-61(39-46)56-21-9-10-26-68(56)78-71)41-63-60-38-45-30-33-53(36-48(45)43-67(60)77(72(62)63)66(59)42-47(44)35-52)76(51-17-5-2-6-18-51)65-25-14-23-58-55-20-8-12-28-70(55)80-74(58)65/h1-29,31-32,34-43,64,73H,30,33H2. The number of benzene rings is 11. The highest BCUT2D eigenvalue weighted by Crippen LogP contribution is 2.49. The minimum Gasteiger partial charge on any atom is -0.483 e. The van der Waals surface area contributed by atoms with Crippen LogP contribution in [0.5, 0.6) is 5.75 Å². The van der Waals surface area contributed by atoms with E-state index in [4.69, 9.17) is 13.6 Å². The van der Waals surface area contributed by atoms with Gasteiger partial charge in [0.05, 0.1) is 28.3 Å². The minimum absolute atomic E-state index is 0.0831. The number of hydrogen-bond acceptors (Lipinski definition) is 5. The Labute approximate surface area is 459 Å². The summed E-state index contributed by atoms with van der Waals surface area (Å²) in [5.41, 5.74) is 20.1. The molecule has 0 N–H and O–H groups in total. The van der Waals surface area contributed by atoms with E-state index in [-0.39, 0.29) is 12.1 Å². The number of aromatic nitrogens is 1. The number of allylic oxidation sites excluding steroid dienone is 3. The highest BCUT2D eigenvalue weighted by Gasteiger charge is 2.39. The molecule has 2 aliphatic carbocycles. The molecule has 0 saturated heterocycles. The molecule has 5 heterocycles. The summed E-state index contributed by atoms with van der Waals surface area (Å²) < 4.78 is 22.5. The van der Waals surface area contributed by atoms with Gasteiger partial charge in [-0.2, -0.15) is 0 Å². The van der Waals surface area contributed by atoms with Gasteiger partial charge in [0.25, 0.3) is 0 Å². The van der Waals surface area contributed by atoms with Gasteiger partial charge in [-0.15, -0.1) is 0 Å². The predicted molar refractivity (Wildman–Crippen MR) is 330 cm³/mol. The fraction of sp³-hybridized carbons (Fsp3) is 0.0541. The van der Waals surface area contributed by atoms with E-state index in [1.165, 1.54) is 82.4 Å². The molecule has 2 atom stereocenters. The number of nitrogens with zero attached hydrogens (tertiary/aromatic N) is 3. The molecule has 0 spiro atoms. The maximum Gasteiger partial charge on any atom is 0.159 e. The van der Waals surface area contributed by atoms with Crippen molar-refractivity contribution in [3.63, 3.8) is 0 Å². The second-order valence-corrected chi connectivity index (χ2v) is 21.8. The molecular formula is C74H47N3O3. The summed E-state index contributed by atoms with van der Waals surface area (Å²) in [5, 5.41) is 11.9. The molecule has 11 aromatic carbocycles. The molecular weight excluding hydrogens is 979 g/mol. The van der Waals surface area contributed by atoms with Crippen LogP contribution in [-0.2, 0) is 6.42 Å². The second kappa shape index (κ2) is 16.6. The van der Waals surface area contributed by atoms with Crippen LogP contribution in [0, 0.1) is 0 Å². The van der Waals surface area contributed by atoms with E-state index in [2.05, 4.69) is 251 Å². The molecule has 80 heavy (non-hydrogen) atoms. The number of aryl methyl sites for hydroxylation is 1. The van der Waals surface area contributed by atoms with Gasteiger partial charge in [0.15, 0.2) is 5.58 Å². The third kappa shape index (κ3) is 6.36. The molecule has 376 valence electrons.